The Balaban J connectivity index is 1.77. The summed E-state index contributed by atoms with van der Waals surface area (Å²) < 4.78 is 11.9. The molecule has 2 aliphatic rings. The van der Waals surface area contributed by atoms with Gasteiger partial charge in [-0.3, -0.25) is 4.79 Å². The van der Waals surface area contributed by atoms with E-state index in [1.807, 2.05) is 18.7 Å². The van der Waals surface area contributed by atoms with Crippen LogP contribution in [-0.2, 0) is 14.3 Å². The Hall–Kier alpha value is -1.73. The molecule has 1 aromatic rings. The van der Waals surface area contributed by atoms with Crippen molar-refractivity contribution >= 4 is 11.9 Å². The second kappa shape index (κ2) is 6.80. The Kier molecular flexibility index (Phi) is 4.77. The van der Waals surface area contributed by atoms with Crippen molar-refractivity contribution in [1.82, 2.24) is 14.9 Å². The number of nitrogens with zero attached hydrogens (tertiary/aromatic N) is 4. The highest BCUT2D eigenvalue weighted by molar-refractivity contribution is 5.78. The lowest BCUT2D eigenvalue weighted by Crippen LogP contribution is -2.60. The van der Waals surface area contributed by atoms with Crippen molar-refractivity contribution in [3.8, 4) is 0 Å². The van der Waals surface area contributed by atoms with E-state index in [0.717, 1.165) is 0 Å². The van der Waals surface area contributed by atoms with Gasteiger partial charge in [-0.25, -0.2) is 9.97 Å². The third kappa shape index (κ3) is 3.61. The van der Waals surface area contributed by atoms with Crippen molar-refractivity contribution in [3.63, 3.8) is 0 Å². The summed E-state index contributed by atoms with van der Waals surface area (Å²) in [4.78, 5) is 25.0. The van der Waals surface area contributed by atoms with E-state index < -0.39 is 5.60 Å². The summed E-state index contributed by atoms with van der Waals surface area (Å²) >= 11 is 0. The second-order valence-electron chi connectivity index (χ2n) is 6.47. The van der Waals surface area contributed by atoms with Gasteiger partial charge in [0.15, 0.2) is 0 Å². The monoisotopic (exact) mass is 320 g/mol. The smallest absolute Gasteiger partial charge is 0.225 e. The molecule has 0 saturated carbocycles. The van der Waals surface area contributed by atoms with E-state index in [9.17, 15) is 4.79 Å². The molecule has 3 heterocycles. The fourth-order valence-corrected chi connectivity index (χ4v) is 3.11. The van der Waals surface area contributed by atoms with Crippen molar-refractivity contribution in [2.75, 3.05) is 50.9 Å². The maximum Gasteiger partial charge on any atom is 0.225 e. The van der Waals surface area contributed by atoms with E-state index in [2.05, 4.69) is 14.9 Å². The van der Waals surface area contributed by atoms with Gasteiger partial charge in [0, 0.05) is 31.4 Å². The van der Waals surface area contributed by atoms with Gasteiger partial charge in [0.05, 0.1) is 32.9 Å². The van der Waals surface area contributed by atoms with Gasteiger partial charge in [-0.2, -0.15) is 0 Å². The highest BCUT2D eigenvalue weighted by Gasteiger charge is 2.42. The van der Waals surface area contributed by atoms with E-state index >= 15 is 0 Å². The first-order valence-electron chi connectivity index (χ1n) is 8.12. The van der Waals surface area contributed by atoms with Crippen LogP contribution in [0, 0.1) is 5.92 Å². The van der Waals surface area contributed by atoms with Gasteiger partial charge >= 0.3 is 0 Å². The summed E-state index contributed by atoms with van der Waals surface area (Å²) in [6.07, 6.45) is 3.47. The molecule has 7 heteroatoms. The van der Waals surface area contributed by atoms with E-state index in [4.69, 9.17) is 9.47 Å². The number of morpholine rings is 1. The van der Waals surface area contributed by atoms with Crippen molar-refractivity contribution in [1.29, 1.82) is 0 Å². The molecule has 2 saturated heterocycles. The average molecular weight is 320 g/mol. The molecule has 126 valence electrons. The van der Waals surface area contributed by atoms with E-state index in [1.165, 1.54) is 0 Å². The lowest BCUT2D eigenvalue weighted by Gasteiger charge is -2.43. The molecule has 2 fully saturated rings. The molecular formula is C16H24N4O3. The van der Waals surface area contributed by atoms with Crippen LogP contribution in [0.2, 0.25) is 0 Å². The molecule has 1 amide bonds. The number of amides is 1. The molecule has 1 spiro atoms. The summed E-state index contributed by atoms with van der Waals surface area (Å²) in [6, 6.07) is 1.80. The van der Waals surface area contributed by atoms with Gasteiger partial charge in [0.2, 0.25) is 11.9 Å². The van der Waals surface area contributed by atoms with Crippen LogP contribution in [0.5, 0.6) is 0 Å². The number of aromatic nitrogens is 2. The number of ether oxygens (including phenoxy) is 2. The Morgan fingerprint density at radius 3 is 2.74 bits per heavy atom. The number of hydrogen-bond acceptors (Lipinski definition) is 6. The average Bonchev–Trinajstić information content (AvgIpc) is 2.77. The number of rotatable bonds is 2. The Morgan fingerprint density at radius 2 is 2.00 bits per heavy atom. The maximum atomic E-state index is 12.4. The highest BCUT2D eigenvalue weighted by atomic mass is 16.5. The van der Waals surface area contributed by atoms with Gasteiger partial charge in [0.25, 0.3) is 0 Å². The van der Waals surface area contributed by atoms with E-state index in [0.29, 0.717) is 51.9 Å². The van der Waals surface area contributed by atoms with Gasteiger partial charge in [-0.15, -0.1) is 0 Å². The normalized spacial score (nSPS) is 25.7. The van der Waals surface area contributed by atoms with Gasteiger partial charge in [0.1, 0.15) is 5.60 Å². The lowest BCUT2D eigenvalue weighted by atomic mass is 10.0. The number of carbonyl (C=O) groups is 1. The maximum absolute atomic E-state index is 12.4. The van der Waals surface area contributed by atoms with Crippen LogP contribution in [0.4, 0.5) is 5.95 Å². The zero-order valence-electron chi connectivity index (χ0n) is 13.8. The lowest BCUT2D eigenvalue weighted by molar-refractivity contribution is -0.160. The molecule has 7 nitrogen and oxygen atoms in total. The molecule has 0 N–H and O–H groups in total. The predicted octanol–water partition coefficient (Wildman–Crippen LogP) is 0.567. The molecule has 0 bridgehead atoms. The number of carbonyl (C=O) groups excluding carboxylic acids is 1. The van der Waals surface area contributed by atoms with Crippen LogP contribution in [0.3, 0.4) is 0 Å². The highest BCUT2D eigenvalue weighted by Crippen LogP contribution is 2.25. The van der Waals surface area contributed by atoms with Crippen LogP contribution >= 0.6 is 0 Å². The minimum Gasteiger partial charge on any atom is -0.376 e. The summed E-state index contributed by atoms with van der Waals surface area (Å²) in [5, 5.41) is 0. The molecular weight excluding hydrogens is 296 g/mol. The largest absolute Gasteiger partial charge is 0.376 e. The summed E-state index contributed by atoms with van der Waals surface area (Å²) in [7, 11) is 0. The van der Waals surface area contributed by atoms with Crippen LogP contribution in [0.25, 0.3) is 0 Å². The molecule has 1 atom stereocenters. The van der Waals surface area contributed by atoms with Crippen LogP contribution < -0.4 is 4.90 Å². The molecule has 0 aliphatic carbocycles. The second-order valence-corrected chi connectivity index (χ2v) is 6.47. The van der Waals surface area contributed by atoms with Crippen molar-refractivity contribution < 1.29 is 14.3 Å². The molecule has 23 heavy (non-hydrogen) atoms. The predicted molar refractivity (Wildman–Crippen MR) is 85.2 cm³/mol. The molecule has 0 radical (unpaired) electrons. The van der Waals surface area contributed by atoms with E-state index in [1.54, 1.807) is 18.5 Å². The van der Waals surface area contributed by atoms with Crippen LogP contribution in [0.1, 0.15) is 13.8 Å². The summed E-state index contributed by atoms with van der Waals surface area (Å²) in [5.41, 5.74) is -0.515. The quantitative estimate of drug-likeness (QED) is 0.793. The minimum absolute atomic E-state index is 0.00888. The number of hydrogen-bond donors (Lipinski definition) is 0. The Morgan fingerprint density at radius 1 is 1.22 bits per heavy atom. The van der Waals surface area contributed by atoms with Gasteiger partial charge in [-0.1, -0.05) is 13.8 Å². The third-order valence-corrected chi connectivity index (χ3v) is 4.24. The Bertz CT molecular complexity index is 539. The molecule has 3 rings (SSSR count). The van der Waals surface area contributed by atoms with Gasteiger partial charge < -0.3 is 19.3 Å². The van der Waals surface area contributed by atoms with E-state index in [-0.39, 0.29) is 11.8 Å². The zero-order chi connectivity index (χ0) is 16.3. The first-order valence-corrected chi connectivity index (χ1v) is 8.12. The zero-order valence-corrected chi connectivity index (χ0v) is 13.8. The SMILES string of the molecule is CC(C)C(=O)N1CCO[C@@]2(COCCN(c3ncccn3)C2)C1. The van der Waals surface area contributed by atoms with Gasteiger partial charge in [-0.05, 0) is 6.07 Å². The van der Waals surface area contributed by atoms with Crippen LogP contribution in [-0.4, -0.2) is 72.4 Å². The first-order chi connectivity index (χ1) is 11.1. The summed E-state index contributed by atoms with van der Waals surface area (Å²) in [5.74, 6) is 0.832. The fourth-order valence-electron chi connectivity index (χ4n) is 3.11. The van der Waals surface area contributed by atoms with Crippen molar-refractivity contribution in [2.24, 2.45) is 5.92 Å². The standard InChI is InChI=1S/C16H24N4O3/c1-13(2)14(21)19-7-9-23-16(10-19)11-20(6-8-22-12-16)15-17-4-3-5-18-15/h3-5,13H,6-12H2,1-2H3/t16-/m0/s1. The Labute approximate surface area is 136 Å². The molecule has 2 aliphatic heterocycles. The van der Waals surface area contributed by atoms with Crippen molar-refractivity contribution in [3.05, 3.63) is 18.5 Å². The van der Waals surface area contributed by atoms with Crippen molar-refractivity contribution in [2.45, 2.75) is 19.4 Å². The molecule has 1 aromatic heterocycles. The van der Waals surface area contributed by atoms with Crippen LogP contribution in [0.15, 0.2) is 18.5 Å². The number of anilines is 1. The third-order valence-electron chi connectivity index (χ3n) is 4.24. The fraction of sp³-hybridized carbons (Fsp3) is 0.688. The molecule has 0 aromatic carbocycles. The molecule has 0 unspecified atom stereocenters. The first kappa shape index (κ1) is 16.1. The topological polar surface area (TPSA) is 67.8 Å². The minimum atomic E-state index is -0.515. The summed E-state index contributed by atoms with van der Waals surface area (Å²) in [6.45, 7) is 8.00.